The maximum Gasteiger partial charge on any atom is 0.258 e. The van der Waals surface area contributed by atoms with Crippen LogP contribution >= 0.6 is 15.9 Å². The van der Waals surface area contributed by atoms with E-state index in [-0.39, 0.29) is 12.5 Å². The van der Waals surface area contributed by atoms with Gasteiger partial charge in [0.1, 0.15) is 18.1 Å². The first-order valence-corrected chi connectivity index (χ1v) is 9.75. The van der Waals surface area contributed by atoms with Crippen LogP contribution in [0.2, 0.25) is 0 Å². The van der Waals surface area contributed by atoms with Gasteiger partial charge in [-0.1, -0.05) is 49.4 Å². The van der Waals surface area contributed by atoms with Gasteiger partial charge in [0.25, 0.3) is 5.91 Å². The fourth-order valence-electron chi connectivity index (χ4n) is 2.70. The normalized spacial score (nSPS) is 10.6. The number of carbonyl (C=O) groups is 1. The zero-order valence-corrected chi connectivity index (χ0v) is 16.8. The second kappa shape index (κ2) is 9.42. The van der Waals surface area contributed by atoms with Gasteiger partial charge in [0.15, 0.2) is 6.61 Å². The average molecular weight is 428 g/mol. The van der Waals surface area contributed by atoms with Crippen LogP contribution < -0.4 is 14.8 Å². The van der Waals surface area contributed by atoms with Crippen LogP contribution in [0.15, 0.2) is 65.1 Å². The molecule has 0 radical (unpaired) electrons. The van der Waals surface area contributed by atoms with Crippen LogP contribution in [-0.2, 0) is 11.2 Å². The smallest absolute Gasteiger partial charge is 0.258 e. The predicted octanol–water partition coefficient (Wildman–Crippen LogP) is 4.74. The highest BCUT2D eigenvalue weighted by Gasteiger charge is 2.08. The number of halogens is 1. The van der Waals surface area contributed by atoms with Crippen LogP contribution in [0.5, 0.6) is 11.5 Å². The molecule has 0 atom stereocenters. The lowest BCUT2D eigenvalue weighted by Crippen LogP contribution is -2.32. The van der Waals surface area contributed by atoms with Crippen LogP contribution in [0, 0.1) is 0 Å². The van der Waals surface area contributed by atoms with Gasteiger partial charge < -0.3 is 14.8 Å². The Morgan fingerprint density at radius 2 is 1.78 bits per heavy atom. The molecular formula is C22H22BrNO3. The molecule has 140 valence electrons. The Morgan fingerprint density at radius 1 is 1.00 bits per heavy atom. The molecule has 3 aromatic carbocycles. The van der Waals surface area contributed by atoms with Crippen molar-refractivity contribution < 1.29 is 14.3 Å². The number of aryl methyl sites for hydroxylation is 1. The third kappa shape index (κ3) is 5.23. The van der Waals surface area contributed by atoms with Gasteiger partial charge in [-0.15, -0.1) is 0 Å². The van der Waals surface area contributed by atoms with Crippen molar-refractivity contribution in [1.82, 2.24) is 5.32 Å². The number of carbonyl (C=O) groups excluding carboxylic acids is 1. The largest absolute Gasteiger partial charge is 0.492 e. The molecule has 3 aromatic rings. The van der Waals surface area contributed by atoms with Crippen molar-refractivity contribution in [2.75, 3.05) is 19.8 Å². The summed E-state index contributed by atoms with van der Waals surface area (Å²) in [4.78, 5) is 12.0. The van der Waals surface area contributed by atoms with Crippen molar-refractivity contribution in [2.24, 2.45) is 0 Å². The van der Waals surface area contributed by atoms with Gasteiger partial charge in [-0.25, -0.2) is 0 Å². The molecule has 0 aliphatic rings. The number of fused-ring (bicyclic) bond motifs is 1. The molecule has 0 aliphatic carbocycles. The molecule has 0 saturated heterocycles. The SMILES string of the molecule is CCc1ccc(OCCNC(=O)COc2ccc3ccccc3c2Br)cc1. The van der Waals surface area contributed by atoms with Crippen molar-refractivity contribution in [3.8, 4) is 11.5 Å². The first kappa shape index (κ1) is 19.2. The number of benzene rings is 3. The van der Waals surface area contributed by atoms with Crippen LogP contribution in [0.3, 0.4) is 0 Å². The number of amides is 1. The highest BCUT2D eigenvalue weighted by Crippen LogP contribution is 2.32. The Balaban J connectivity index is 1.42. The average Bonchev–Trinajstić information content (AvgIpc) is 2.71. The lowest BCUT2D eigenvalue weighted by Gasteiger charge is -2.11. The third-order valence-electron chi connectivity index (χ3n) is 4.21. The topological polar surface area (TPSA) is 47.6 Å². The summed E-state index contributed by atoms with van der Waals surface area (Å²) in [5.74, 6) is 1.27. The number of nitrogens with one attached hydrogen (secondary N) is 1. The van der Waals surface area contributed by atoms with Crippen LogP contribution in [0.1, 0.15) is 12.5 Å². The summed E-state index contributed by atoms with van der Waals surface area (Å²) < 4.78 is 12.1. The molecule has 3 rings (SSSR count). The number of ether oxygens (including phenoxy) is 2. The van der Waals surface area contributed by atoms with Crippen molar-refractivity contribution in [2.45, 2.75) is 13.3 Å². The van der Waals surface area contributed by atoms with Crippen LogP contribution in [0.4, 0.5) is 0 Å². The van der Waals surface area contributed by atoms with Crippen LogP contribution in [0.25, 0.3) is 10.8 Å². The van der Waals surface area contributed by atoms with E-state index in [1.54, 1.807) is 0 Å². The van der Waals surface area contributed by atoms with Crippen molar-refractivity contribution in [3.05, 3.63) is 70.7 Å². The molecular weight excluding hydrogens is 406 g/mol. The summed E-state index contributed by atoms with van der Waals surface area (Å²) >= 11 is 3.56. The first-order chi connectivity index (χ1) is 13.2. The minimum atomic E-state index is -0.181. The van der Waals surface area contributed by atoms with E-state index in [1.165, 1.54) is 5.56 Å². The van der Waals surface area contributed by atoms with Gasteiger partial charge >= 0.3 is 0 Å². The summed E-state index contributed by atoms with van der Waals surface area (Å²) in [5, 5.41) is 4.97. The number of hydrogen-bond acceptors (Lipinski definition) is 3. The van der Waals surface area contributed by atoms with E-state index in [0.29, 0.717) is 18.9 Å². The predicted molar refractivity (Wildman–Crippen MR) is 111 cm³/mol. The fraction of sp³-hybridized carbons (Fsp3) is 0.227. The number of rotatable bonds is 8. The Morgan fingerprint density at radius 3 is 2.56 bits per heavy atom. The quantitative estimate of drug-likeness (QED) is 0.528. The molecule has 4 nitrogen and oxygen atoms in total. The van der Waals surface area contributed by atoms with E-state index in [9.17, 15) is 4.79 Å². The molecule has 0 aromatic heterocycles. The maximum atomic E-state index is 12.0. The molecule has 5 heteroatoms. The fourth-order valence-corrected chi connectivity index (χ4v) is 3.31. The third-order valence-corrected chi connectivity index (χ3v) is 5.03. The molecule has 0 unspecified atom stereocenters. The van der Waals surface area contributed by atoms with E-state index >= 15 is 0 Å². The molecule has 0 heterocycles. The minimum Gasteiger partial charge on any atom is -0.492 e. The second-order valence-electron chi connectivity index (χ2n) is 6.08. The standard InChI is InChI=1S/C22H22BrNO3/c1-2-16-7-10-18(11-8-16)26-14-13-24-21(25)15-27-20-12-9-17-5-3-4-6-19(17)22(20)23/h3-12H,2,13-15H2,1H3,(H,24,25). The van der Waals surface area contributed by atoms with E-state index in [4.69, 9.17) is 9.47 Å². The van der Waals surface area contributed by atoms with E-state index in [1.807, 2.05) is 60.7 Å². The second-order valence-corrected chi connectivity index (χ2v) is 6.88. The molecule has 0 fully saturated rings. The molecule has 27 heavy (non-hydrogen) atoms. The Labute approximate surface area is 167 Å². The van der Waals surface area contributed by atoms with E-state index < -0.39 is 0 Å². The van der Waals surface area contributed by atoms with Crippen LogP contribution in [-0.4, -0.2) is 25.7 Å². The molecule has 0 bridgehead atoms. The zero-order valence-electron chi connectivity index (χ0n) is 15.2. The van der Waals surface area contributed by atoms with Gasteiger partial charge in [0, 0.05) is 0 Å². The monoisotopic (exact) mass is 427 g/mol. The highest BCUT2D eigenvalue weighted by atomic mass is 79.9. The van der Waals surface area contributed by atoms with Crippen molar-refractivity contribution in [3.63, 3.8) is 0 Å². The molecule has 1 N–H and O–H groups in total. The van der Waals surface area contributed by atoms with Crippen molar-refractivity contribution >= 4 is 32.6 Å². The van der Waals surface area contributed by atoms with Crippen molar-refractivity contribution in [1.29, 1.82) is 0 Å². The van der Waals surface area contributed by atoms with Gasteiger partial charge in [-0.2, -0.15) is 0 Å². The highest BCUT2D eigenvalue weighted by molar-refractivity contribution is 9.10. The first-order valence-electron chi connectivity index (χ1n) is 8.96. The van der Waals surface area contributed by atoms with Gasteiger partial charge in [-0.05, 0) is 56.9 Å². The zero-order chi connectivity index (χ0) is 19.1. The molecule has 0 saturated carbocycles. The lowest BCUT2D eigenvalue weighted by molar-refractivity contribution is -0.123. The van der Waals surface area contributed by atoms with E-state index in [0.717, 1.165) is 27.4 Å². The minimum absolute atomic E-state index is 0.0395. The van der Waals surface area contributed by atoms with Gasteiger partial charge in [0.2, 0.25) is 0 Å². The molecule has 0 spiro atoms. The summed E-state index contributed by atoms with van der Waals surface area (Å²) in [6.45, 7) is 2.92. The summed E-state index contributed by atoms with van der Waals surface area (Å²) in [6.07, 6.45) is 1.00. The Hall–Kier alpha value is -2.53. The van der Waals surface area contributed by atoms with Gasteiger partial charge in [-0.3, -0.25) is 4.79 Å². The number of hydrogen-bond donors (Lipinski definition) is 1. The van der Waals surface area contributed by atoms with E-state index in [2.05, 4.69) is 28.2 Å². The van der Waals surface area contributed by atoms with Gasteiger partial charge in [0.05, 0.1) is 11.0 Å². The lowest BCUT2D eigenvalue weighted by atomic mass is 10.1. The molecule has 0 aliphatic heterocycles. The summed E-state index contributed by atoms with van der Waals surface area (Å²) in [6, 6.07) is 19.8. The maximum absolute atomic E-state index is 12.0. The Bertz CT molecular complexity index is 909. The summed E-state index contributed by atoms with van der Waals surface area (Å²) in [7, 11) is 0. The summed E-state index contributed by atoms with van der Waals surface area (Å²) in [5.41, 5.74) is 1.27. The molecule has 1 amide bonds. The Kier molecular flexibility index (Phi) is 6.71.